The van der Waals surface area contributed by atoms with Crippen molar-refractivity contribution >= 4 is 18.3 Å². The van der Waals surface area contributed by atoms with Crippen molar-refractivity contribution in [2.24, 2.45) is 17.1 Å². The van der Waals surface area contributed by atoms with Gasteiger partial charge in [-0.2, -0.15) is 0 Å². The Balaban J connectivity index is 0.00000256. The van der Waals surface area contributed by atoms with Crippen LogP contribution in [0.15, 0.2) is 0 Å². The average molecular weight is 263 g/mol. The molecule has 1 aliphatic carbocycles. The molecule has 0 aliphatic heterocycles. The minimum atomic E-state index is 0. The van der Waals surface area contributed by atoms with Crippen molar-refractivity contribution in [2.75, 3.05) is 6.54 Å². The number of hydrogen-bond acceptors (Lipinski definition) is 2. The maximum atomic E-state index is 11.7. The van der Waals surface area contributed by atoms with Gasteiger partial charge in [-0.1, -0.05) is 33.6 Å². The van der Waals surface area contributed by atoms with Crippen LogP contribution in [0, 0.1) is 11.3 Å². The van der Waals surface area contributed by atoms with Gasteiger partial charge >= 0.3 is 0 Å². The molecular formula is C13H27ClN2O. The molecule has 4 heteroatoms. The van der Waals surface area contributed by atoms with E-state index in [1.807, 2.05) is 0 Å². The van der Waals surface area contributed by atoms with E-state index >= 15 is 0 Å². The smallest absolute Gasteiger partial charge is 0.220 e. The Bertz CT molecular complexity index is 238. The second-order valence-corrected chi connectivity index (χ2v) is 6.25. The van der Waals surface area contributed by atoms with Gasteiger partial charge in [-0.3, -0.25) is 4.79 Å². The minimum Gasteiger partial charge on any atom is -0.356 e. The Morgan fingerprint density at radius 1 is 1.29 bits per heavy atom. The van der Waals surface area contributed by atoms with Crippen LogP contribution in [0.3, 0.4) is 0 Å². The van der Waals surface area contributed by atoms with Gasteiger partial charge in [0.1, 0.15) is 0 Å². The van der Waals surface area contributed by atoms with Gasteiger partial charge in [0.15, 0.2) is 0 Å². The molecule has 0 heterocycles. The molecule has 102 valence electrons. The fourth-order valence-electron chi connectivity index (χ4n) is 2.16. The van der Waals surface area contributed by atoms with E-state index in [1.165, 1.54) is 12.8 Å². The van der Waals surface area contributed by atoms with Crippen LogP contribution in [0.1, 0.15) is 52.9 Å². The molecule has 0 bridgehead atoms. The molecule has 0 aromatic rings. The fraction of sp³-hybridized carbons (Fsp3) is 0.923. The topological polar surface area (TPSA) is 55.1 Å². The number of amides is 1. The van der Waals surface area contributed by atoms with Crippen molar-refractivity contribution in [1.29, 1.82) is 0 Å². The zero-order chi connectivity index (χ0) is 12.2. The van der Waals surface area contributed by atoms with Gasteiger partial charge in [0.2, 0.25) is 5.91 Å². The Morgan fingerprint density at radius 3 is 2.41 bits per heavy atom. The van der Waals surface area contributed by atoms with Gasteiger partial charge < -0.3 is 11.1 Å². The van der Waals surface area contributed by atoms with E-state index in [9.17, 15) is 4.79 Å². The number of halogens is 1. The summed E-state index contributed by atoms with van der Waals surface area (Å²) in [5.41, 5.74) is 6.19. The second kappa shape index (κ2) is 7.22. The van der Waals surface area contributed by atoms with E-state index in [-0.39, 0.29) is 29.8 Å². The summed E-state index contributed by atoms with van der Waals surface area (Å²) in [5, 5.41) is 3.00. The summed E-state index contributed by atoms with van der Waals surface area (Å²) in [6, 6.07) is 0.231. The zero-order valence-corrected chi connectivity index (χ0v) is 12.1. The molecular weight excluding hydrogens is 236 g/mol. The highest BCUT2D eigenvalue weighted by Crippen LogP contribution is 2.25. The standard InChI is InChI=1S/C13H26N2O.ClH/c1-13(2,3)9-15-12(16)8-10-6-4-5-7-11(10)14;/h10-11H,4-9,14H2,1-3H3,(H,15,16);1H. The number of rotatable bonds is 3. The lowest BCUT2D eigenvalue weighted by molar-refractivity contribution is -0.122. The summed E-state index contributed by atoms with van der Waals surface area (Å²) in [7, 11) is 0. The van der Waals surface area contributed by atoms with Crippen LogP contribution in [-0.2, 0) is 4.79 Å². The van der Waals surface area contributed by atoms with Crippen molar-refractivity contribution in [2.45, 2.75) is 58.9 Å². The Labute approximate surface area is 111 Å². The molecule has 1 fully saturated rings. The van der Waals surface area contributed by atoms with Gasteiger partial charge in [-0.25, -0.2) is 0 Å². The normalized spacial score (nSPS) is 24.9. The number of nitrogens with two attached hydrogens (primary N) is 1. The first kappa shape index (κ1) is 16.7. The van der Waals surface area contributed by atoms with Crippen LogP contribution in [0.2, 0.25) is 0 Å². The predicted octanol–water partition coefficient (Wildman–Crippen LogP) is 2.48. The number of nitrogens with one attached hydrogen (secondary N) is 1. The molecule has 2 unspecified atom stereocenters. The van der Waals surface area contributed by atoms with E-state index in [0.717, 1.165) is 19.4 Å². The Morgan fingerprint density at radius 2 is 1.88 bits per heavy atom. The minimum absolute atomic E-state index is 0. The van der Waals surface area contributed by atoms with Crippen LogP contribution >= 0.6 is 12.4 Å². The monoisotopic (exact) mass is 262 g/mol. The summed E-state index contributed by atoms with van der Waals surface area (Å²) in [6.45, 7) is 7.12. The number of carbonyl (C=O) groups is 1. The second-order valence-electron chi connectivity index (χ2n) is 6.25. The molecule has 0 saturated heterocycles. The molecule has 0 radical (unpaired) electrons. The highest BCUT2D eigenvalue weighted by Gasteiger charge is 2.24. The first-order valence-corrected chi connectivity index (χ1v) is 6.41. The van der Waals surface area contributed by atoms with Crippen molar-refractivity contribution in [1.82, 2.24) is 5.32 Å². The molecule has 3 N–H and O–H groups in total. The van der Waals surface area contributed by atoms with Crippen LogP contribution < -0.4 is 11.1 Å². The summed E-state index contributed by atoms with van der Waals surface area (Å²) >= 11 is 0. The van der Waals surface area contributed by atoms with Crippen molar-refractivity contribution < 1.29 is 4.79 Å². The molecule has 17 heavy (non-hydrogen) atoms. The van der Waals surface area contributed by atoms with Crippen LogP contribution in [0.25, 0.3) is 0 Å². The molecule has 1 aliphatic rings. The Kier molecular flexibility index (Phi) is 7.10. The zero-order valence-electron chi connectivity index (χ0n) is 11.3. The number of hydrogen-bond donors (Lipinski definition) is 2. The van der Waals surface area contributed by atoms with Gasteiger partial charge in [0, 0.05) is 19.0 Å². The third-order valence-electron chi connectivity index (χ3n) is 3.23. The van der Waals surface area contributed by atoms with Crippen LogP contribution in [0.4, 0.5) is 0 Å². The van der Waals surface area contributed by atoms with E-state index < -0.39 is 0 Å². The van der Waals surface area contributed by atoms with E-state index in [0.29, 0.717) is 12.3 Å². The lowest BCUT2D eigenvalue weighted by atomic mass is 9.83. The SMILES string of the molecule is CC(C)(C)CNC(=O)CC1CCCCC1N.Cl. The van der Waals surface area contributed by atoms with E-state index in [4.69, 9.17) is 5.73 Å². The van der Waals surface area contributed by atoms with Crippen molar-refractivity contribution in [3.8, 4) is 0 Å². The van der Waals surface area contributed by atoms with E-state index in [1.54, 1.807) is 0 Å². The molecule has 0 aromatic carbocycles. The molecule has 1 amide bonds. The summed E-state index contributed by atoms with van der Waals surface area (Å²) in [6.07, 6.45) is 5.25. The maximum Gasteiger partial charge on any atom is 0.220 e. The Hall–Kier alpha value is -0.280. The predicted molar refractivity (Wildman–Crippen MR) is 74.3 cm³/mol. The lowest BCUT2D eigenvalue weighted by Crippen LogP contribution is -2.39. The third-order valence-corrected chi connectivity index (χ3v) is 3.23. The average Bonchev–Trinajstić information content (AvgIpc) is 2.18. The maximum absolute atomic E-state index is 11.7. The molecule has 1 saturated carbocycles. The largest absolute Gasteiger partial charge is 0.356 e. The first-order chi connectivity index (χ1) is 7.38. The van der Waals surface area contributed by atoms with E-state index in [2.05, 4.69) is 26.1 Å². The van der Waals surface area contributed by atoms with Crippen molar-refractivity contribution in [3.05, 3.63) is 0 Å². The first-order valence-electron chi connectivity index (χ1n) is 6.41. The molecule has 1 rings (SSSR count). The third kappa shape index (κ3) is 6.89. The number of carbonyl (C=O) groups excluding carboxylic acids is 1. The lowest BCUT2D eigenvalue weighted by Gasteiger charge is -2.28. The molecule has 0 aromatic heterocycles. The fourth-order valence-corrected chi connectivity index (χ4v) is 2.16. The van der Waals surface area contributed by atoms with Gasteiger partial charge in [-0.05, 0) is 24.2 Å². The summed E-state index contributed by atoms with van der Waals surface area (Å²) < 4.78 is 0. The van der Waals surface area contributed by atoms with Gasteiger partial charge in [0.25, 0.3) is 0 Å². The van der Waals surface area contributed by atoms with Crippen LogP contribution in [-0.4, -0.2) is 18.5 Å². The van der Waals surface area contributed by atoms with Gasteiger partial charge in [0.05, 0.1) is 0 Å². The quantitative estimate of drug-likeness (QED) is 0.821. The summed E-state index contributed by atoms with van der Waals surface area (Å²) in [4.78, 5) is 11.7. The van der Waals surface area contributed by atoms with Crippen molar-refractivity contribution in [3.63, 3.8) is 0 Å². The molecule has 0 spiro atoms. The highest BCUT2D eigenvalue weighted by molar-refractivity contribution is 5.85. The highest BCUT2D eigenvalue weighted by atomic mass is 35.5. The van der Waals surface area contributed by atoms with Crippen LogP contribution in [0.5, 0.6) is 0 Å². The van der Waals surface area contributed by atoms with Gasteiger partial charge in [-0.15, -0.1) is 12.4 Å². The summed E-state index contributed by atoms with van der Waals surface area (Å²) in [5.74, 6) is 0.561. The molecule has 3 nitrogen and oxygen atoms in total. The molecule has 2 atom stereocenters.